The van der Waals surface area contributed by atoms with Crippen molar-refractivity contribution in [2.45, 2.75) is 54.0 Å². The molecular weight excluding hydrogens is 392 g/mol. The summed E-state index contributed by atoms with van der Waals surface area (Å²) in [6.45, 7) is 9.59. The summed E-state index contributed by atoms with van der Waals surface area (Å²) in [5.41, 5.74) is 13.7. The zero-order valence-electron chi connectivity index (χ0n) is 17.7. The molecule has 3 N–H and O–H groups in total. The monoisotopic (exact) mass is 422 g/mol. The molecule has 0 bridgehead atoms. The van der Waals surface area contributed by atoms with Gasteiger partial charge in [-0.05, 0) is 58.2 Å². The topological polar surface area (TPSA) is 110 Å². The summed E-state index contributed by atoms with van der Waals surface area (Å²) in [7, 11) is 0. The molecule has 1 aromatic carbocycles. The summed E-state index contributed by atoms with van der Waals surface area (Å²) in [4.78, 5) is 10.8. The minimum atomic E-state index is 0. The number of anilines is 1. The Morgan fingerprint density at radius 3 is 2.16 bits per heavy atom. The quantitative estimate of drug-likeness (QED) is 0.493. The number of hydrogen-bond acceptors (Lipinski definition) is 7. The number of aromatic nitrogens is 4. The maximum Gasteiger partial charge on any atom is 0.203 e. The molecule has 1 saturated heterocycles. The smallest absolute Gasteiger partial charge is 0.203 e. The van der Waals surface area contributed by atoms with E-state index in [4.69, 9.17) is 19.8 Å². The molecule has 164 valence electrons. The van der Waals surface area contributed by atoms with Crippen molar-refractivity contribution in [2.75, 3.05) is 18.0 Å². The van der Waals surface area contributed by atoms with Crippen LogP contribution < -0.4 is 10.6 Å². The molecule has 0 unspecified atom stereocenters. The van der Waals surface area contributed by atoms with Crippen LogP contribution >= 0.6 is 0 Å². The molecule has 0 spiro atoms. The number of hydrogen-bond donors (Lipinski definition) is 2. The largest absolute Gasteiger partial charge is 0.361 e. The molecule has 0 saturated carbocycles. The molecule has 5 rings (SSSR count). The van der Waals surface area contributed by atoms with Gasteiger partial charge in [-0.2, -0.15) is 0 Å². The van der Waals surface area contributed by atoms with Crippen molar-refractivity contribution in [1.29, 1.82) is 0 Å². The number of benzene rings is 1. The second-order valence-corrected chi connectivity index (χ2v) is 8.20. The lowest BCUT2D eigenvalue weighted by Gasteiger charge is -2.29. The van der Waals surface area contributed by atoms with E-state index in [1.807, 2.05) is 27.7 Å². The normalized spacial score (nSPS) is 14.9. The van der Waals surface area contributed by atoms with E-state index in [2.05, 4.69) is 32.3 Å². The number of aryl methyl sites for hydroxylation is 4. The maximum absolute atomic E-state index is 6.08. The van der Waals surface area contributed by atoms with E-state index in [-0.39, 0.29) is 13.5 Å². The molecule has 0 radical (unpaired) electrons. The van der Waals surface area contributed by atoms with Crippen molar-refractivity contribution in [3.05, 3.63) is 35.0 Å². The number of imidazole rings is 1. The van der Waals surface area contributed by atoms with Gasteiger partial charge < -0.3 is 24.7 Å². The van der Waals surface area contributed by atoms with Crippen molar-refractivity contribution in [2.24, 2.45) is 5.73 Å². The van der Waals surface area contributed by atoms with Crippen LogP contribution in [0.15, 0.2) is 21.2 Å². The third kappa shape index (κ3) is 3.50. The third-order valence-corrected chi connectivity index (χ3v) is 6.04. The van der Waals surface area contributed by atoms with Crippen molar-refractivity contribution in [1.82, 2.24) is 20.3 Å². The Labute approximate surface area is 181 Å². The molecular formula is C23H30N6O2. The minimum Gasteiger partial charge on any atom is -0.361 e. The fourth-order valence-corrected chi connectivity index (χ4v) is 4.46. The lowest BCUT2D eigenvalue weighted by molar-refractivity contribution is 0.393. The lowest BCUT2D eigenvalue weighted by Crippen LogP contribution is -2.40. The zero-order valence-corrected chi connectivity index (χ0v) is 17.7. The van der Waals surface area contributed by atoms with Crippen LogP contribution in [0.3, 0.4) is 0 Å². The molecule has 3 aromatic heterocycles. The highest BCUT2D eigenvalue weighted by Crippen LogP contribution is 2.38. The summed E-state index contributed by atoms with van der Waals surface area (Å²) in [5.74, 6) is 2.44. The van der Waals surface area contributed by atoms with E-state index in [0.717, 1.165) is 88.1 Å². The van der Waals surface area contributed by atoms with Crippen molar-refractivity contribution >= 4 is 17.0 Å². The Morgan fingerprint density at radius 2 is 1.58 bits per heavy atom. The van der Waals surface area contributed by atoms with Crippen LogP contribution in [0, 0.1) is 27.7 Å². The second-order valence-electron chi connectivity index (χ2n) is 8.20. The molecule has 4 aromatic rings. The van der Waals surface area contributed by atoms with Crippen LogP contribution in [-0.4, -0.2) is 39.4 Å². The number of rotatable bonds is 3. The summed E-state index contributed by atoms with van der Waals surface area (Å²) in [6, 6.07) is 4.53. The highest BCUT2D eigenvalue weighted by atomic mass is 16.5. The van der Waals surface area contributed by atoms with Gasteiger partial charge >= 0.3 is 0 Å². The van der Waals surface area contributed by atoms with E-state index in [1.165, 1.54) is 0 Å². The number of aromatic amines is 1. The molecule has 1 aliphatic heterocycles. The summed E-state index contributed by atoms with van der Waals surface area (Å²) < 4.78 is 10.9. The van der Waals surface area contributed by atoms with Crippen LogP contribution in [-0.2, 0) is 0 Å². The molecule has 4 heterocycles. The summed E-state index contributed by atoms with van der Waals surface area (Å²) in [6.07, 6.45) is 1.94. The van der Waals surface area contributed by atoms with E-state index < -0.39 is 0 Å². The van der Waals surface area contributed by atoms with Gasteiger partial charge in [0.25, 0.3) is 0 Å². The number of nitrogens with one attached hydrogen (secondary N) is 1. The minimum absolute atomic E-state index is 0. The Kier molecular flexibility index (Phi) is 5.35. The predicted octanol–water partition coefficient (Wildman–Crippen LogP) is 4.67. The van der Waals surface area contributed by atoms with Gasteiger partial charge in [-0.25, -0.2) is 4.98 Å². The number of piperidine rings is 1. The fraction of sp³-hybridized carbons (Fsp3) is 0.435. The average molecular weight is 423 g/mol. The zero-order chi connectivity index (χ0) is 21.0. The van der Waals surface area contributed by atoms with E-state index >= 15 is 0 Å². The molecule has 0 amide bonds. The van der Waals surface area contributed by atoms with E-state index in [0.29, 0.717) is 0 Å². The van der Waals surface area contributed by atoms with Gasteiger partial charge in [-0.3, -0.25) is 0 Å². The Morgan fingerprint density at radius 1 is 0.968 bits per heavy atom. The van der Waals surface area contributed by atoms with Crippen LogP contribution in [0.1, 0.15) is 43.2 Å². The number of fused-ring (bicyclic) bond motifs is 1. The van der Waals surface area contributed by atoms with Gasteiger partial charge in [0.1, 0.15) is 11.5 Å². The van der Waals surface area contributed by atoms with Gasteiger partial charge in [0.2, 0.25) is 5.95 Å². The Hall–Kier alpha value is -3.13. The molecule has 31 heavy (non-hydrogen) atoms. The van der Waals surface area contributed by atoms with Crippen molar-refractivity contribution < 1.29 is 9.05 Å². The first kappa shape index (κ1) is 21.1. The average Bonchev–Trinajstić information content (AvgIpc) is 3.39. The Bertz CT molecular complexity index is 1190. The standard InChI is InChI=1S/C22H26N6O2.CH4/c1-11-19(13(3)29-26-11)15-9-17(20-12(2)27-30-14(20)4)21-18(10-15)24-22(25-21)28-7-5-16(23)6-8-28;/h9-10,16H,5-8,23H2,1-4H3,(H,24,25);1H4. The first-order valence-corrected chi connectivity index (χ1v) is 10.3. The van der Waals surface area contributed by atoms with Crippen LogP contribution in [0.4, 0.5) is 5.95 Å². The molecule has 0 atom stereocenters. The number of nitrogens with zero attached hydrogens (tertiary/aromatic N) is 4. The third-order valence-electron chi connectivity index (χ3n) is 6.04. The first-order chi connectivity index (χ1) is 14.4. The van der Waals surface area contributed by atoms with E-state index in [1.54, 1.807) is 0 Å². The highest BCUT2D eigenvalue weighted by molar-refractivity contribution is 5.98. The molecule has 1 fully saturated rings. The molecule has 8 nitrogen and oxygen atoms in total. The Balaban J connectivity index is 0.00000231. The van der Waals surface area contributed by atoms with Gasteiger partial charge in [0.15, 0.2) is 0 Å². The first-order valence-electron chi connectivity index (χ1n) is 10.3. The summed E-state index contributed by atoms with van der Waals surface area (Å²) >= 11 is 0. The lowest BCUT2D eigenvalue weighted by atomic mass is 9.96. The SMILES string of the molecule is C.Cc1noc(C)c1-c1cc(-c2c(C)noc2C)c2nc(N3CCC(N)CC3)[nH]c2c1. The van der Waals surface area contributed by atoms with E-state index in [9.17, 15) is 0 Å². The maximum atomic E-state index is 6.08. The number of nitrogens with two attached hydrogens (primary N) is 1. The van der Waals surface area contributed by atoms with Crippen LogP contribution in [0.25, 0.3) is 33.3 Å². The van der Waals surface area contributed by atoms with Crippen LogP contribution in [0.5, 0.6) is 0 Å². The van der Waals surface area contributed by atoms with Crippen molar-refractivity contribution in [3.8, 4) is 22.3 Å². The second kappa shape index (κ2) is 7.85. The van der Waals surface area contributed by atoms with Crippen molar-refractivity contribution in [3.63, 3.8) is 0 Å². The van der Waals surface area contributed by atoms with Gasteiger partial charge in [0.05, 0.1) is 22.4 Å². The molecule has 8 heteroatoms. The van der Waals surface area contributed by atoms with Gasteiger partial charge in [0, 0.05) is 35.8 Å². The number of H-pyrrole nitrogens is 1. The van der Waals surface area contributed by atoms with Gasteiger partial charge in [-0.15, -0.1) is 0 Å². The molecule has 1 aliphatic rings. The van der Waals surface area contributed by atoms with Gasteiger partial charge in [-0.1, -0.05) is 17.7 Å². The highest BCUT2D eigenvalue weighted by Gasteiger charge is 2.23. The summed E-state index contributed by atoms with van der Waals surface area (Å²) in [5, 5.41) is 8.30. The fourth-order valence-electron chi connectivity index (χ4n) is 4.46. The predicted molar refractivity (Wildman–Crippen MR) is 122 cm³/mol. The molecule has 0 aliphatic carbocycles. The van der Waals surface area contributed by atoms with Crippen LogP contribution in [0.2, 0.25) is 0 Å².